The van der Waals surface area contributed by atoms with Crippen molar-refractivity contribution in [3.8, 4) is 11.3 Å². The first kappa shape index (κ1) is 17.1. The van der Waals surface area contributed by atoms with Crippen molar-refractivity contribution in [2.24, 2.45) is 0 Å². The van der Waals surface area contributed by atoms with Gasteiger partial charge in [0.1, 0.15) is 5.76 Å². The SMILES string of the molecule is O=C(Nc1nccs1)c1ccc(-c2ccc(C(=O)Nc3nccs3)o2)cc1. The number of nitrogens with zero attached hydrogens (tertiary/aromatic N) is 2. The highest BCUT2D eigenvalue weighted by Gasteiger charge is 2.14. The van der Waals surface area contributed by atoms with Gasteiger partial charge in [-0.2, -0.15) is 0 Å². The third kappa shape index (κ3) is 3.94. The summed E-state index contributed by atoms with van der Waals surface area (Å²) < 4.78 is 5.62. The molecule has 4 aromatic rings. The Morgan fingerprint density at radius 1 is 0.815 bits per heavy atom. The first-order chi connectivity index (χ1) is 13.2. The number of carbonyl (C=O) groups excluding carboxylic acids is 2. The normalized spacial score (nSPS) is 10.5. The molecule has 0 aliphatic heterocycles. The van der Waals surface area contributed by atoms with Crippen molar-refractivity contribution in [1.29, 1.82) is 0 Å². The molecule has 134 valence electrons. The molecule has 0 unspecified atom stereocenters. The van der Waals surface area contributed by atoms with Crippen molar-refractivity contribution >= 4 is 44.8 Å². The molecule has 0 bridgehead atoms. The molecule has 1 aromatic carbocycles. The fourth-order valence-electron chi connectivity index (χ4n) is 2.30. The van der Waals surface area contributed by atoms with Gasteiger partial charge in [0, 0.05) is 34.3 Å². The zero-order valence-electron chi connectivity index (χ0n) is 13.7. The molecule has 3 heterocycles. The minimum Gasteiger partial charge on any atom is -0.451 e. The Balaban J connectivity index is 1.45. The summed E-state index contributed by atoms with van der Waals surface area (Å²) in [6, 6.07) is 10.2. The minimum absolute atomic E-state index is 0.186. The highest BCUT2D eigenvalue weighted by Crippen LogP contribution is 2.24. The Hall–Kier alpha value is -3.30. The number of thiazole rings is 2. The van der Waals surface area contributed by atoms with Gasteiger partial charge in [-0.3, -0.25) is 20.2 Å². The highest BCUT2D eigenvalue weighted by atomic mass is 32.1. The first-order valence-corrected chi connectivity index (χ1v) is 9.57. The topological polar surface area (TPSA) is 97.1 Å². The van der Waals surface area contributed by atoms with Crippen molar-refractivity contribution in [1.82, 2.24) is 9.97 Å². The lowest BCUT2D eigenvalue weighted by Crippen LogP contribution is -2.11. The van der Waals surface area contributed by atoms with E-state index in [2.05, 4.69) is 20.6 Å². The van der Waals surface area contributed by atoms with Gasteiger partial charge >= 0.3 is 0 Å². The molecule has 27 heavy (non-hydrogen) atoms. The van der Waals surface area contributed by atoms with Crippen LogP contribution in [-0.4, -0.2) is 21.8 Å². The summed E-state index contributed by atoms with van der Waals surface area (Å²) in [5.74, 6) is 0.118. The summed E-state index contributed by atoms with van der Waals surface area (Å²) in [5.41, 5.74) is 1.26. The number of carbonyl (C=O) groups is 2. The van der Waals surface area contributed by atoms with Crippen LogP contribution in [0.15, 0.2) is 64.0 Å². The van der Waals surface area contributed by atoms with Gasteiger partial charge in [0.25, 0.3) is 11.8 Å². The number of furan rings is 1. The Morgan fingerprint density at radius 3 is 2.04 bits per heavy atom. The molecule has 4 rings (SSSR count). The van der Waals surface area contributed by atoms with E-state index in [0.717, 1.165) is 5.56 Å². The number of amides is 2. The third-order valence-electron chi connectivity index (χ3n) is 3.57. The van der Waals surface area contributed by atoms with E-state index in [1.807, 2.05) is 0 Å². The molecular formula is C18H12N4O3S2. The standard InChI is InChI=1S/C18H12N4O3S2/c23-15(21-17-19-7-9-26-17)12-3-1-11(2-4-12)13-5-6-14(25-13)16(24)22-18-20-8-10-27-18/h1-10H,(H,19,21,23)(H,20,22,24). The molecule has 2 N–H and O–H groups in total. The van der Waals surface area contributed by atoms with E-state index >= 15 is 0 Å². The predicted molar refractivity (Wildman–Crippen MR) is 104 cm³/mol. The lowest BCUT2D eigenvalue weighted by atomic mass is 10.1. The van der Waals surface area contributed by atoms with Crippen LogP contribution < -0.4 is 10.6 Å². The van der Waals surface area contributed by atoms with Crippen molar-refractivity contribution in [3.05, 3.63) is 70.9 Å². The lowest BCUT2D eigenvalue weighted by molar-refractivity contribution is 0.0995. The maximum Gasteiger partial charge on any atom is 0.293 e. The molecule has 0 fully saturated rings. The monoisotopic (exact) mass is 396 g/mol. The van der Waals surface area contributed by atoms with Crippen molar-refractivity contribution in [2.75, 3.05) is 10.6 Å². The van der Waals surface area contributed by atoms with E-state index in [-0.39, 0.29) is 17.6 Å². The maximum atomic E-state index is 12.2. The number of aromatic nitrogens is 2. The second kappa shape index (κ2) is 7.52. The molecule has 2 amide bonds. The van der Waals surface area contributed by atoms with E-state index < -0.39 is 0 Å². The highest BCUT2D eigenvalue weighted by molar-refractivity contribution is 7.14. The molecular weight excluding hydrogens is 384 g/mol. The molecule has 3 aromatic heterocycles. The lowest BCUT2D eigenvalue weighted by Gasteiger charge is -2.03. The van der Waals surface area contributed by atoms with Crippen LogP contribution in [0.1, 0.15) is 20.9 Å². The Kier molecular flexibility index (Phi) is 4.77. The van der Waals surface area contributed by atoms with Crippen LogP contribution in [0.25, 0.3) is 11.3 Å². The molecule has 0 saturated heterocycles. The van der Waals surface area contributed by atoms with Crippen LogP contribution in [0.4, 0.5) is 10.3 Å². The van der Waals surface area contributed by atoms with Crippen LogP contribution in [0.2, 0.25) is 0 Å². The smallest absolute Gasteiger partial charge is 0.293 e. The molecule has 0 saturated carbocycles. The Bertz CT molecular complexity index is 1050. The van der Waals surface area contributed by atoms with E-state index in [9.17, 15) is 9.59 Å². The number of anilines is 2. The molecule has 0 aliphatic carbocycles. The Labute approximate surface area is 161 Å². The van der Waals surface area contributed by atoms with E-state index in [0.29, 0.717) is 21.6 Å². The van der Waals surface area contributed by atoms with Gasteiger partial charge in [-0.05, 0) is 24.3 Å². The Morgan fingerprint density at radius 2 is 1.44 bits per heavy atom. The summed E-state index contributed by atoms with van der Waals surface area (Å²) in [6.07, 6.45) is 3.24. The van der Waals surface area contributed by atoms with E-state index in [4.69, 9.17) is 4.42 Å². The molecule has 0 atom stereocenters. The number of benzene rings is 1. The second-order valence-corrected chi connectivity index (χ2v) is 7.11. The van der Waals surface area contributed by atoms with Crippen LogP contribution in [0.3, 0.4) is 0 Å². The van der Waals surface area contributed by atoms with Crippen molar-refractivity contribution in [3.63, 3.8) is 0 Å². The largest absolute Gasteiger partial charge is 0.451 e. The molecule has 7 nitrogen and oxygen atoms in total. The van der Waals surface area contributed by atoms with Crippen LogP contribution in [0.5, 0.6) is 0 Å². The van der Waals surface area contributed by atoms with Gasteiger partial charge in [-0.25, -0.2) is 9.97 Å². The molecule has 0 aliphatic rings. The van der Waals surface area contributed by atoms with Crippen molar-refractivity contribution in [2.45, 2.75) is 0 Å². The van der Waals surface area contributed by atoms with Crippen LogP contribution >= 0.6 is 22.7 Å². The summed E-state index contributed by atoms with van der Waals surface area (Å²) in [5, 5.41) is 10.0. The number of hydrogen-bond acceptors (Lipinski definition) is 7. The van der Waals surface area contributed by atoms with E-state index in [1.54, 1.807) is 59.6 Å². The van der Waals surface area contributed by atoms with Gasteiger partial charge in [0.05, 0.1) is 0 Å². The van der Waals surface area contributed by atoms with Gasteiger partial charge in [0.15, 0.2) is 16.0 Å². The summed E-state index contributed by atoms with van der Waals surface area (Å²) in [7, 11) is 0. The van der Waals surface area contributed by atoms with Crippen molar-refractivity contribution < 1.29 is 14.0 Å². The fourth-order valence-corrected chi connectivity index (χ4v) is 3.35. The molecule has 9 heteroatoms. The van der Waals surface area contributed by atoms with Gasteiger partial charge in [-0.15, -0.1) is 22.7 Å². The molecule has 0 radical (unpaired) electrons. The van der Waals surface area contributed by atoms with Gasteiger partial charge in [0.2, 0.25) is 0 Å². The molecule has 0 spiro atoms. The maximum absolute atomic E-state index is 12.2. The average Bonchev–Trinajstić information content (AvgIpc) is 3.44. The zero-order chi connectivity index (χ0) is 18.6. The summed E-state index contributed by atoms with van der Waals surface area (Å²) in [6.45, 7) is 0. The van der Waals surface area contributed by atoms with Crippen LogP contribution in [-0.2, 0) is 0 Å². The van der Waals surface area contributed by atoms with Crippen LogP contribution in [0, 0.1) is 0 Å². The quantitative estimate of drug-likeness (QED) is 0.522. The predicted octanol–water partition coefficient (Wildman–Crippen LogP) is 4.36. The summed E-state index contributed by atoms with van der Waals surface area (Å²) in [4.78, 5) is 32.4. The summed E-state index contributed by atoms with van der Waals surface area (Å²) >= 11 is 2.68. The average molecular weight is 396 g/mol. The number of rotatable bonds is 5. The van der Waals surface area contributed by atoms with Gasteiger partial charge in [-0.1, -0.05) is 12.1 Å². The minimum atomic E-state index is -0.365. The fraction of sp³-hybridized carbons (Fsp3) is 0. The van der Waals surface area contributed by atoms with Gasteiger partial charge < -0.3 is 4.42 Å². The first-order valence-electron chi connectivity index (χ1n) is 7.81. The number of hydrogen-bond donors (Lipinski definition) is 2. The zero-order valence-corrected chi connectivity index (χ0v) is 15.3. The number of nitrogens with one attached hydrogen (secondary N) is 2. The van der Waals surface area contributed by atoms with E-state index in [1.165, 1.54) is 22.7 Å². The second-order valence-electron chi connectivity index (χ2n) is 5.32. The third-order valence-corrected chi connectivity index (χ3v) is 4.94.